The Morgan fingerprint density at radius 3 is 2.56 bits per heavy atom. The van der Waals surface area contributed by atoms with Gasteiger partial charge in [-0.15, -0.1) is 0 Å². The van der Waals surface area contributed by atoms with Crippen molar-refractivity contribution >= 4 is 5.97 Å². The Labute approximate surface area is 104 Å². The molecule has 3 rings (SSSR count). The fraction of sp³-hybridized carbons (Fsp3) is 0.462. The predicted molar refractivity (Wildman–Crippen MR) is 60.6 cm³/mol. The molecule has 2 N–H and O–H groups in total. The van der Waals surface area contributed by atoms with Crippen molar-refractivity contribution < 1.29 is 24.5 Å². The second-order valence-corrected chi connectivity index (χ2v) is 4.65. The first kappa shape index (κ1) is 11.6. The zero-order valence-electron chi connectivity index (χ0n) is 9.60. The van der Waals surface area contributed by atoms with E-state index >= 15 is 0 Å². The topological polar surface area (TPSA) is 76.0 Å². The second kappa shape index (κ2) is 4.35. The molecule has 0 aromatic heterocycles. The van der Waals surface area contributed by atoms with E-state index in [1.807, 2.05) is 30.3 Å². The number of fused-ring (bicyclic) bond motifs is 2. The third-order valence-corrected chi connectivity index (χ3v) is 3.45. The SMILES string of the molecule is O=C1C[C@H]2O[C@@H](c3ccccc3)[C@@H](O)[C@H](O1)[C@@H]2O. The molecule has 5 atom stereocenters. The molecular weight excluding hydrogens is 236 g/mol. The molecule has 18 heavy (non-hydrogen) atoms. The lowest BCUT2D eigenvalue weighted by Gasteiger charge is -2.45. The molecule has 0 aliphatic carbocycles. The van der Waals surface area contributed by atoms with Crippen LogP contribution in [0, 0.1) is 0 Å². The molecule has 1 aromatic rings. The number of hydrogen-bond donors (Lipinski definition) is 2. The molecule has 2 bridgehead atoms. The van der Waals surface area contributed by atoms with Gasteiger partial charge in [-0.25, -0.2) is 0 Å². The number of carbonyl (C=O) groups excluding carboxylic acids is 1. The lowest BCUT2D eigenvalue weighted by Crippen LogP contribution is -2.59. The molecule has 2 saturated heterocycles. The predicted octanol–water partition coefficient (Wildman–Crippen LogP) is 0.164. The van der Waals surface area contributed by atoms with Gasteiger partial charge in [0, 0.05) is 0 Å². The molecule has 2 aliphatic rings. The smallest absolute Gasteiger partial charge is 0.308 e. The van der Waals surface area contributed by atoms with Crippen LogP contribution in [0.25, 0.3) is 0 Å². The molecular formula is C13H14O5. The van der Waals surface area contributed by atoms with Gasteiger partial charge in [0.15, 0.2) is 6.10 Å². The van der Waals surface area contributed by atoms with Gasteiger partial charge in [0.05, 0.1) is 12.5 Å². The van der Waals surface area contributed by atoms with E-state index in [0.717, 1.165) is 5.56 Å². The molecule has 5 heteroatoms. The summed E-state index contributed by atoms with van der Waals surface area (Å²) in [6, 6.07) is 9.23. The van der Waals surface area contributed by atoms with Crippen LogP contribution in [0.3, 0.4) is 0 Å². The molecule has 96 valence electrons. The fourth-order valence-electron chi connectivity index (χ4n) is 2.53. The minimum absolute atomic E-state index is 0.0215. The third kappa shape index (κ3) is 1.80. The molecule has 0 spiro atoms. The average Bonchev–Trinajstić information content (AvgIpc) is 2.37. The van der Waals surface area contributed by atoms with Crippen LogP contribution in [0.1, 0.15) is 18.1 Å². The summed E-state index contributed by atoms with van der Waals surface area (Å²) in [5, 5.41) is 20.0. The molecule has 0 amide bonds. The van der Waals surface area contributed by atoms with Gasteiger partial charge in [-0.2, -0.15) is 0 Å². The van der Waals surface area contributed by atoms with E-state index < -0.39 is 36.5 Å². The Kier molecular flexibility index (Phi) is 2.81. The zero-order valence-corrected chi connectivity index (χ0v) is 9.60. The van der Waals surface area contributed by atoms with Gasteiger partial charge in [-0.05, 0) is 5.56 Å². The second-order valence-electron chi connectivity index (χ2n) is 4.65. The molecule has 0 saturated carbocycles. The van der Waals surface area contributed by atoms with Gasteiger partial charge in [-0.3, -0.25) is 4.79 Å². The highest BCUT2D eigenvalue weighted by Crippen LogP contribution is 2.37. The first-order chi connectivity index (χ1) is 8.66. The van der Waals surface area contributed by atoms with Crippen molar-refractivity contribution in [2.45, 2.75) is 36.9 Å². The summed E-state index contributed by atoms with van der Waals surface area (Å²) < 4.78 is 10.7. The first-order valence-electron chi connectivity index (χ1n) is 5.93. The van der Waals surface area contributed by atoms with E-state index in [0.29, 0.717) is 0 Å². The summed E-state index contributed by atoms with van der Waals surface area (Å²) in [6.07, 6.45) is -4.08. The Hall–Kier alpha value is -1.43. The maximum absolute atomic E-state index is 11.3. The third-order valence-electron chi connectivity index (χ3n) is 3.45. The normalized spacial score (nSPS) is 39.2. The van der Waals surface area contributed by atoms with Crippen LogP contribution in [0.2, 0.25) is 0 Å². The molecule has 2 fully saturated rings. The number of hydrogen-bond acceptors (Lipinski definition) is 5. The summed E-state index contributed by atoms with van der Waals surface area (Å²) in [5.74, 6) is -0.444. The highest BCUT2D eigenvalue weighted by Gasteiger charge is 2.50. The molecule has 2 heterocycles. The van der Waals surface area contributed by atoms with E-state index in [2.05, 4.69) is 0 Å². The van der Waals surface area contributed by atoms with Crippen LogP contribution in [0.4, 0.5) is 0 Å². The number of aliphatic hydroxyl groups excluding tert-OH is 2. The number of carbonyl (C=O) groups is 1. The number of rotatable bonds is 1. The van der Waals surface area contributed by atoms with Gasteiger partial charge in [0.25, 0.3) is 0 Å². The molecule has 1 aromatic carbocycles. The molecule has 2 aliphatic heterocycles. The molecule has 5 nitrogen and oxygen atoms in total. The van der Waals surface area contributed by atoms with Crippen LogP contribution in [0.5, 0.6) is 0 Å². The molecule has 0 radical (unpaired) electrons. The standard InChI is InChI=1S/C13H14O5/c14-9-6-8-10(15)13(18-9)11(16)12(17-8)7-4-2-1-3-5-7/h1-5,8,10-13,15-16H,6H2/t8-,10-,11-,12+,13-/m1/s1. The summed E-state index contributed by atoms with van der Waals surface area (Å²) in [6.45, 7) is 0. The molecule has 0 unspecified atom stereocenters. The average molecular weight is 250 g/mol. The highest BCUT2D eigenvalue weighted by atomic mass is 16.6. The highest BCUT2D eigenvalue weighted by molar-refractivity contribution is 5.71. The maximum atomic E-state index is 11.3. The lowest BCUT2D eigenvalue weighted by molar-refractivity contribution is -0.257. The van der Waals surface area contributed by atoms with Gasteiger partial charge in [0.1, 0.15) is 18.3 Å². The number of benzene rings is 1. The lowest BCUT2D eigenvalue weighted by atomic mass is 9.88. The van der Waals surface area contributed by atoms with Crippen LogP contribution in [0.15, 0.2) is 30.3 Å². The van der Waals surface area contributed by atoms with Crippen molar-refractivity contribution in [3.63, 3.8) is 0 Å². The van der Waals surface area contributed by atoms with E-state index in [4.69, 9.17) is 9.47 Å². The first-order valence-corrected chi connectivity index (χ1v) is 5.93. The number of ether oxygens (including phenoxy) is 2. The fourth-order valence-corrected chi connectivity index (χ4v) is 2.53. The Balaban J connectivity index is 1.89. The Morgan fingerprint density at radius 1 is 1.11 bits per heavy atom. The largest absolute Gasteiger partial charge is 0.457 e. The van der Waals surface area contributed by atoms with Crippen LogP contribution in [-0.2, 0) is 14.3 Å². The Bertz CT molecular complexity index is 446. The van der Waals surface area contributed by atoms with Crippen LogP contribution < -0.4 is 0 Å². The van der Waals surface area contributed by atoms with E-state index in [9.17, 15) is 15.0 Å². The Morgan fingerprint density at radius 2 is 1.83 bits per heavy atom. The van der Waals surface area contributed by atoms with Crippen molar-refractivity contribution in [3.8, 4) is 0 Å². The van der Waals surface area contributed by atoms with Gasteiger partial charge >= 0.3 is 5.97 Å². The maximum Gasteiger partial charge on any atom is 0.308 e. The minimum Gasteiger partial charge on any atom is -0.457 e. The number of aliphatic hydroxyl groups is 2. The van der Waals surface area contributed by atoms with E-state index in [1.54, 1.807) is 0 Å². The van der Waals surface area contributed by atoms with Crippen LogP contribution >= 0.6 is 0 Å². The summed E-state index contributed by atoms with van der Waals surface area (Å²) in [7, 11) is 0. The van der Waals surface area contributed by atoms with Gasteiger partial charge in [0.2, 0.25) is 0 Å². The van der Waals surface area contributed by atoms with Crippen molar-refractivity contribution in [2.24, 2.45) is 0 Å². The van der Waals surface area contributed by atoms with Gasteiger partial charge < -0.3 is 19.7 Å². The summed E-state index contributed by atoms with van der Waals surface area (Å²) in [4.78, 5) is 11.3. The van der Waals surface area contributed by atoms with Crippen molar-refractivity contribution in [1.82, 2.24) is 0 Å². The van der Waals surface area contributed by atoms with E-state index in [1.165, 1.54) is 0 Å². The zero-order chi connectivity index (χ0) is 12.7. The van der Waals surface area contributed by atoms with E-state index in [-0.39, 0.29) is 6.42 Å². The monoisotopic (exact) mass is 250 g/mol. The van der Waals surface area contributed by atoms with Crippen molar-refractivity contribution in [3.05, 3.63) is 35.9 Å². The summed E-state index contributed by atoms with van der Waals surface area (Å²) >= 11 is 0. The number of esters is 1. The van der Waals surface area contributed by atoms with Crippen LogP contribution in [-0.4, -0.2) is 40.6 Å². The summed E-state index contributed by atoms with van der Waals surface area (Å²) in [5.41, 5.74) is 0.810. The van der Waals surface area contributed by atoms with Crippen molar-refractivity contribution in [2.75, 3.05) is 0 Å². The van der Waals surface area contributed by atoms with Crippen molar-refractivity contribution in [1.29, 1.82) is 0 Å². The minimum atomic E-state index is -1.05. The quantitative estimate of drug-likeness (QED) is 0.695. The van der Waals surface area contributed by atoms with Gasteiger partial charge in [-0.1, -0.05) is 30.3 Å².